The molecule has 0 radical (unpaired) electrons. The van der Waals surface area contributed by atoms with Crippen LogP contribution < -0.4 is 5.32 Å². The van der Waals surface area contributed by atoms with E-state index >= 15 is 0 Å². The van der Waals surface area contributed by atoms with Crippen LogP contribution >= 0.6 is 0 Å². The van der Waals surface area contributed by atoms with E-state index in [4.69, 9.17) is 4.74 Å². The van der Waals surface area contributed by atoms with Crippen molar-refractivity contribution in [1.82, 2.24) is 5.32 Å². The molecule has 0 aromatic heterocycles. The summed E-state index contributed by atoms with van der Waals surface area (Å²) in [6.45, 7) is 2.35. The molecule has 1 aliphatic heterocycles. The fourth-order valence-electron chi connectivity index (χ4n) is 1.90. The third-order valence-corrected chi connectivity index (χ3v) is 3.10. The number of nitrogens with one attached hydrogen (secondary N) is 1. The van der Waals surface area contributed by atoms with Gasteiger partial charge in [0.15, 0.2) is 0 Å². The van der Waals surface area contributed by atoms with Crippen molar-refractivity contribution >= 4 is 5.91 Å². The van der Waals surface area contributed by atoms with Crippen LogP contribution in [0.3, 0.4) is 0 Å². The van der Waals surface area contributed by atoms with Crippen molar-refractivity contribution in [3.05, 3.63) is 35.1 Å². The summed E-state index contributed by atoms with van der Waals surface area (Å²) >= 11 is 0. The highest BCUT2D eigenvalue weighted by molar-refractivity contribution is 5.94. The molecule has 1 amide bonds. The minimum atomic E-state index is -1.03. The number of hydrogen-bond donors (Lipinski definition) is 2. The molecule has 1 unspecified atom stereocenters. The van der Waals surface area contributed by atoms with Gasteiger partial charge in [-0.2, -0.15) is 0 Å². The summed E-state index contributed by atoms with van der Waals surface area (Å²) in [7, 11) is 0. The summed E-state index contributed by atoms with van der Waals surface area (Å²) < 4.78 is 18.8. The first-order valence-corrected chi connectivity index (χ1v) is 5.85. The van der Waals surface area contributed by atoms with Gasteiger partial charge in [-0.25, -0.2) is 4.39 Å². The molecule has 4 nitrogen and oxygen atoms in total. The molecule has 2 N–H and O–H groups in total. The monoisotopic (exact) mass is 253 g/mol. The number of carbonyl (C=O) groups excluding carboxylic acids is 1. The first kappa shape index (κ1) is 13.0. The van der Waals surface area contributed by atoms with E-state index in [0.29, 0.717) is 18.6 Å². The fraction of sp³-hybridized carbons (Fsp3) is 0.462. The number of halogens is 1. The van der Waals surface area contributed by atoms with Crippen molar-refractivity contribution < 1.29 is 19.0 Å². The topological polar surface area (TPSA) is 58.6 Å². The number of ether oxygens (including phenoxy) is 1. The van der Waals surface area contributed by atoms with Gasteiger partial charge in [0.05, 0.1) is 12.2 Å². The Morgan fingerprint density at radius 3 is 3.06 bits per heavy atom. The van der Waals surface area contributed by atoms with E-state index in [1.54, 1.807) is 19.1 Å². The molecule has 1 fully saturated rings. The summed E-state index contributed by atoms with van der Waals surface area (Å²) in [6, 6.07) is 4.65. The molecule has 1 saturated heterocycles. The molecule has 1 aromatic rings. The first-order chi connectivity index (χ1) is 8.52. The molecule has 5 heteroatoms. The molecule has 18 heavy (non-hydrogen) atoms. The molecule has 1 atom stereocenters. The Kier molecular flexibility index (Phi) is 3.63. The molecule has 0 saturated carbocycles. The molecule has 2 rings (SSSR count). The summed E-state index contributed by atoms with van der Waals surface area (Å²) in [6.07, 6.45) is 0.476. The van der Waals surface area contributed by atoms with E-state index in [1.165, 1.54) is 6.07 Å². The zero-order valence-electron chi connectivity index (χ0n) is 10.2. The highest BCUT2D eigenvalue weighted by Gasteiger charge is 2.32. The number of aryl methyl sites for hydroxylation is 1. The summed E-state index contributed by atoms with van der Waals surface area (Å²) in [4.78, 5) is 11.8. The van der Waals surface area contributed by atoms with Gasteiger partial charge in [0.25, 0.3) is 5.91 Å². The lowest BCUT2D eigenvalue weighted by molar-refractivity contribution is 0.0264. The maximum Gasteiger partial charge on any atom is 0.254 e. The molecular weight excluding hydrogens is 237 g/mol. The van der Waals surface area contributed by atoms with Crippen molar-refractivity contribution in [2.45, 2.75) is 18.9 Å². The number of rotatable bonds is 3. The number of amides is 1. The largest absolute Gasteiger partial charge is 0.386 e. The molecule has 98 valence electrons. The van der Waals surface area contributed by atoms with Crippen LogP contribution in [0.2, 0.25) is 0 Å². The predicted octanol–water partition coefficient (Wildman–Crippen LogP) is 1.02. The molecule has 1 aliphatic rings. The van der Waals surface area contributed by atoms with Crippen molar-refractivity contribution in [3.8, 4) is 0 Å². The second-order valence-electron chi connectivity index (χ2n) is 4.65. The molecular formula is C13H16FNO3. The van der Waals surface area contributed by atoms with E-state index in [9.17, 15) is 14.3 Å². The van der Waals surface area contributed by atoms with Crippen LogP contribution in [0, 0.1) is 12.7 Å². The third kappa shape index (κ3) is 2.68. The Morgan fingerprint density at radius 1 is 1.61 bits per heavy atom. The highest BCUT2D eigenvalue weighted by atomic mass is 19.1. The van der Waals surface area contributed by atoms with E-state index < -0.39 is 17.3 Å². The van der Waals surface area contributed by atoms with Crippen LogP contribution in [0.15, 0.2) is 18.2 Å². The van der Waals surface area contributed by atoms with Crippen molar-refractivity contribution in [2.24, 2.45) is 0 Å². The van der Waals surface area contributed by atoms with Crippen LogP contribution in [0.4, 0.5) is 4.39 Å². The van der Waals surface area contributed by atoms with Gasteiger partial charge in [0.1, 0.15) is 11.4 Å². The van der Waals surface area contributed by atoms with Crippen LogP contribution in [0.5, 0.6) is 0 Å². The molecule has 0 spiro atoms. The lowest BCUT2D eigenvalue weighted by Gasteiger charge is -2.20. The van der Waals surface area contributed by atoms with Crippen molar-refractivity contribution in [2.75, 3.05) is 19.8 Å². The Bertz CT molecular complexity index is 456. The zero-order chi connectivity index (χ0) is 13.2. The SMILES string of the molecule is Cc1cccc(C(=O)NCC2(O)CCOC2)c1F. The number of carbonyl (C=O) groups is 1. The number of aliphatic hydroxyl groups is 1. The quantitative estimate of drug-likeness (QED) is 0.845. The minimum absolute atomic E-state index is 0.00230. The Balaban J connectivity index is 2.01. The van der Waals surface area contributed by atoms with Gasteiger partial charge in [-0.3, -0.25) is 4.79 Å². The maximum atomic E-state index is 13.7. The second-order valence-corrected chi connectivity index (χ2v) is 4.65. The Labute approximate surface area is 105 Å². The number of hydrogen-bond acceptors (Lipinski definition) is 3. The highest BCUT2D eigenvalue weighted by Crippen LogP contribution is 2.17. The van der Waals surface area contributed by atoms with Gasteiger partial charge in [-0.1, -0.05) is 12.1 Å². The van der Waals surface area contributed by atoms with Gasteiger partial charge in [-0.15, -0.1) is 0 Å². The molecule has 1 heterocycles. The normalized spacial score (nSPS) is 23.1. The molecule has 0 aliphatic carbocycles. The van der Waals surface area contributed by atoms with Crippen molar-refractivity contribution in [3.63, 3.8) is 0 Å². The standard InChI is InChI=1S/C13H16FNO3/c1-9-3-2-4-10(11(9)14)12(16)15-7-13(17)5-6-18-8-13/h2-4,17H,5-8H2,1H3,(H,15,16). The fourth-order valence-corrected chi connectivity index (χ4v) is 1.90. The van der Waals surface area contributed by atoms with Gasteiger partial charge in [0, 0.05) is 19.6 Å². The lowest BCUT2D eigenvalue weighted by Crippen LogP contribution is -2.43. The Hall–Kier alpha value is -1.46. The van der Waals surface area contributed by atoms with Crippen LogP contribution in [-0.4, -0.2) is 36.4 Å². The number of benzene rings is 1. The van der Waals surface area contributed by atoms with Gasteiger partial charge >= 0.3 is 0 Å². The van der Waals surface area contributed by atoms with Crippen LogP contribution in [-0.2, 0) is 4.74 Å². The summed E-state index contributed by atoms with van der Waals surface area (Å²) in [5, 5.41) is 12.5. The van der Waals surface area contributed by atoms with Gasteiger partial charge in [-0.05, 0) is 18.6 Å². The van der Waals surface area contributed by atoms with Gasteiger partial charge < -0.3 is 15.2 Å². The average molecular weight is 253 g/mol. The van der Waals surface area contributed by atoms with E-state index in [2.05, 4.69) is 5.32 Å². The molecule has 1 aromatic carbocycles. The zero-order valence-corrected chi connectivity index (χ0v) is 10.2. The lowest BCUT2D eigenvalue weighted by atomic mass is 10.0. The maximum absolute atomic E-state index is 13.7. The minimum Gasteiger partial charge on any atom is -0.386 e. The van der Waals surface area contributed by atoms with Crippen LogP contribution in [0.1, 0.15) is 22.3 Å². The van der Waals surface area contributed by atoms with E-state index in [1.807, 2.05) is 0 Å². The van der Waals surface area contributed by atoms with E-state index in [0.717, 1.165) is 0 Å². The van der Waals surface area contributed by atoms with E-state index in [-0.39, 0.29) is 18.7 Å². The predicted molar refractivity (Wildman–Crippen MR) is 63.9 cm³/mol. The van der Waals surface area contributed by atoms with Crippen molar-refractivity contribution in [1.29, 1.82) is 0 Å². The van der Waals surface area contributed by atoms with Crippen LogP contribution in [0.25, 0.3) is 0 Å². The average Bonchev–Trinajstić information content (AvgIpc) is 2.77. The second kappa shape index (κ2) is 5.04. The Morgan fingerprint density at radius 2 is 2.39 bits per heavy atom. The summed E-state index contributed by atoms with van der Waals surface area (Å²) in [5.41, 5.74) is -0.612. The third-order valence-electron chi connectivity index (χ3n) is 3.10. The smallest absolute Gasteiger partial charge is 0.254 e. The first-order valence-electron chi connectivity index (χ1n) is 5.85. The van der Waals surface area contributed by atoms with Gasteiger partial charge in [0.2, 0.25) is 0 Å². The molecule has 0 bridgehead atoms. The summed E-state index contributed by atoms with van der Waals surface area (Å²) in [5.74, 6) is -1.04.